The molecule has 0 atom stereocenters. The van der Waals surface area contributed by atoms with Gasteiger partial charge in [0.25, 0.3) is 5.91 Å². The third kappa shape index (κ3) is 3.96. The summed E-state index contributed by atoms with van der Waals surface area (Å²) in [5, 5.41) is 3.14. The van der Waals surface area contributed by atoms with Crippen LogP contribution in [0.25, 0.3) is 0 Å². The number of carbonyl (C=O) groups is 2. The number of carbonyl (C=O) groups excluding carboxylic acids is 2. The summed E-state index contributed by atoms with van der Waals surface area (Å²) >= 11 is 1.78. The lowest BCUT2D eigenvalue weighted by molar-refractivity contribution is -0.117. The Balaban J connectivity index is 1.62. The van der Waals surface area contributed by atoms with Crippen LogP contribution >= 0.6 is 11.8 Å². The highest BCUT2D eigenvalue weighted by Crippen LogP contribution is 2.34. The van der Waals surface area contributed by atoms with Crippen molar-refractivity contribution in [2.24, 2.45) is 0 Å². The zero-order chi connectivity index (χ0) is 17.8. The Kier molecular flexibility index (Phi) is 5.28. The molecule has 5 nitrogen and oxygen atoms in total. The van der Waals surface area contributed by atoms with E-state index in [9.17, 15) is 9.59 Å². The van der Waals surface area contributed by atoms with Crippen molar-refractivity contribution in [2.75, 3.05) is 43.2 Å². The van der Waals surface area contributed by atoms with E-state index in [2.05, 4.69) is 5.32 Å². The smallest absolute Gasteiger partial charge is 0.253 e. The topological polar surface area (TPSA) is 52.7 Å². The van der Waals surface area contributed by atoms with Gasteiger partial charge in [-0.15, -0.1) is 11.8 Å². The van der Waals surface area contributed by atoms with Gasteiger partial charge >= 0.3 is 0 Å². The van der Waals surface area contributed by atoms with E-state index < -0.39 is 0 Å². The second-order valence-electron chi connectivity index (χ2n) is 5.99. The Morgan fingerprint density at radius 2 is 1.84 bits per heavy atom. The predicted molar refractivity (Wildman–Crippen MR) is 102 cm³/mol. The normalized spacial score (nSPS) is 13.1. The van der Waals surface area contributed by atoms with Crippen molar-refractivity contribution in [3.63, 3.8) is 0 Å². The van der Waals surface area contributed by atoms with Crippen molar-refractivity contribution in [1.82, 2.24) is 4.90 Å². The van der Waals surface area contributed by atoms with Crippen LogP contribution in [0.15, 0.2) is 53.4 Å². The molecule has 0 spiro atoms. The number of nitrogens with zero attached hydrogens (tertiary/aromatic N) is 2. The van der Waals surface area contributed by atoms with Crippen molar-refractivity contribution in [3.05, 3.63) is 54.1 Å². The van der Waals surface area contributed by atoms with Crippen LogP contribution in [0.2, 0.25) is 0 Å². The maximum absolute atomic E-state index is 12.6. The number of rotatable bonds is 4. The van der Waals surface area contributed by atoms with Crippen molar-refractivity contribution >= 4 is 35.0 Å². The van der Waals surface area contributed by atoms with Gasteiger partial charge in [-0.05, 0) is 36.4 Å². The number of thioether (sulfide) groups is 1. The van der Waals surface area contributed by atoms with E-state index in [1.807, 2.05) is 41.3 Å². The van der Waals surface area contributed by atoms with Gasteiger partial charge in [0.1, 0.15) is 0 Å². The molecule has 2 amide bonds. The van der Waals surface area contributed by atoms with Crippen molar-refractivity contribution < 1.29 is 9.59 Å². The highest BCUT2D eigenvalue weighted by Gasteiger charge is 2.22. The van der Waals surface area contributed by atoms with Crippen LogP contribution in [-0.4, -0.2) is 49.7 Å². The number of nitrogens with one attached hydrogen (secondary N) is 1. The highest BCUT2D eigenvalue weighted by molar-refractivity contribution is 7.99. The van der Waals surface area contributed by atoms with Crippen LogP contribution < -0.4 is 10.2 Å². The number of hydrogen-bond donors (Lipinski definition) is 1. The van der Waals surface area contributed by atoms with Crippen LogP contribution in [-0.2, 0) is 4.79 Å². The Morgan fingerprint density at radius 1 is 1.12 bits per heavy atom. The fourth-order valence-electron chi connectivity index (χ4n) is 2.69. The first-order valence-electron chi connectivity index (χ1n) is 8.14. The summed E-state index contributed by atoms with van der Waals surface area (Å²) in [6.45, 7) is 0.943. The largest absolute Gasteiger partial charge is 0.376 e. The van der Waals surface area contributed by atoms with E-state index in [1.54, 1.807) is 38.0 Å². The lowest BCUT2D eigenvalue weighted by Gasteiger charge is -2.29. The van der Waals surface area contributed by atoms with Gasteiger partial charge in [0, 0.05) is 42.5 Å². The molecule has 2 aromatic carbocycles. The first kappa shape index (κ1) is 17.4. The summed E-state index contributed by atoms with van der Waals surface area (Å²) in [4.78, 5) is 29.0. The van der Waals surface area contributed by atoms with Crippen LogP contribution in [0.4, 0.5) is 11.4 Å². The number of benzene rings is 2. The summed E-state index contributed by atoms with van der Waals surface area (Å²) < 4.78 is 0. The molecule has 25 heavy (non-hydrogen) atoms. The number of amides is 2. The Bertz CT molecular complexity index is 774. The Hall–Kier alpha value is -2.47. The molecule has 1 aliphatic rings. The Morgan fingerprint density at radius 3 is 2.56 bits per heavy atom. The molecule has 3 rings (SSSR count). The molecule has 0 bridgehead atoms. The molecule has 0 saturated carbocycles. The molecule has 1 aliphatic heterocycles. The second kappa shape index (κ2) is 7.61. The average Bonchev–Trinajstić information content (AvgIpc) is 2.65. The van der Waals surface area contributed by atoms with Crippen molar-refractivity contribution in [2.45, 2.75) is 4.90 Å². The van der Waals surface area contributed by atoms with Crippen molar-refractivity contribution in [1.29, 1.82) is 0 Å². The molecule has 0 radical (unpaired) electrons. The maximum Gasteiger partial charge on any atom is 0.253 e. The molecule has 0 aliphatic carbocycles. The summed E-state index contributed by atoms with van der Waals surface area (Å²) in [6.07, 6.45) is 0. The molecule has 0 aromatic heterocycles. The first-order valence-corrected chi connectivity index (χ1v) is 9.12. The predicted octanol–water partition coefficient (Wildman–Crippen LogP) is 2.94. The third-order valence-corrected chi connectivity index (χ3v) is 5.05. The second-order valence-corrected chi connectivity index (χ2v) is 7.13. The van der Waals surface area contributed by atoms with Gasteiger partial charge < -0.3 is 15.1 Å². The summed E-state index contributed by atoms with van der Waals surface area (Å²) in [5.41, 5.74) is 2.43. The molecule has 2 aromatic rings. The van der Waals surface area contributed by atoms with Crippen LogP contribution in [0, 0.1) is 0 Å². The molecule has 0 unspecified atom stereocenters. The van der Waals surface area contributed by atoms with Crippen molar-refractivity contribution in [3.8, 4) is 0 Å². The summed E-state index contributed by atoms with van der Waals surface area (Å²) in [5.74, 6) is 0.913. The van der Waals surface area contributed by atoms with Gasteiger partial charge in [0.05, 0.1) is 12.2 Å². The van der Waals surface area contributed by atoms with Crippen LogP contribution in [0.5, 0.6) is 0 Å². The number of anilines is 2. The molecule has 1 N–H and O–H groups in total. The van der Waals surface area contributed by atoms with E-state index in [4.69, 9.17) is 0 Å². The van der Waals surface area contributed by atoms with Gasteiger partial charge in [0.2, 0.25) is 5.91 Å². The van der Waals surface area contributed by atoms with E-state index in [1.165, 1.54) is 4.90 Å². The summed E-state index contributed by atoms with van der Waals surface area (Å²) in [7, 11) is 3.45. The summed E-state index contributed by atoms with van der Waals surface area (Å²) in [6, 6.07) is 15.2. The molecule has 0 saturated heterocycles. The molecular weight excluding hydrogens is 334 g/mol. The fourth-order valence-corrected chi connectivity index (χ4v) is 3.69. The minimum absolute atomic E-state index is 0.0370. The lowest BCUT2D eigenvalue weighted by Crippen LogP contribution is -2.39. The van der Waals surface area contributed by atoms with E-state index in [0.29, 0.717) is 5.56 Å². The van der Waals surface area contributed by atoms with Crippen LogP contribution in [0.1, 0.15) is 10.4 Å². The number of fused-ring (bicyclic) bond motifs is 1. The molecule has 130 valence electrons. The first-order chi connectivity index (χ1) is 12.1. The van der Waals surface area contributed by atoms with Crippen LogP contribution in [0.3, 0.4) is 0 Å². The molecule has 1 heterocycles. The quantitative estimate of drug-likeness (QED) is 0.916. The minimum atomic E-state index is -0.0370. The maximum atomic E-state index is 12.6. The third-order valence-electron chi connectivity index (χ3n) is 4.01. The molecule has 6 heteroatoms. The fraction of sp³-hybridized carbons (Fsp3) is 0.263. The average molecular weight is 355 g/mol. The zero-order valence-corrected chi connectivity index (χ0v) is 15.2. The van der Waals surface area contributed by atoms with E-state index in [-0.39, 0.29) is 18.4 Å². The van der Waals surface area contributed by atoms with E-state index in [0.717, 1.165) is 28.6 Å². The molecule has 0 fully saturated rings. The van der Waals surface area contributed by atoms with Gasteiger partial charge in [0.15, 0.2) is 0 Å². The highest BCUT2D eigenvalue weighted by atomic mass is 32.2. The van der Waals surface area contributed by atoms with Gasteiger partial charge in [-0.1, -0.05) is 12.1 Å². The molecular formula is C19H21N3O2S. The lowest BCUT2D eigenvalue weighted by atomic mass is 10.2. The standard InChI is InChI=1S/C19H21N3O2S/c1-21(2)19(24)14-7-9-15(10-8-14)20-13-18(23)22-11-12-25-17-6-4-3-5-16(17)22/h3-10,20H,11-13H2,1-2H3. The monoisotopic (exact) mass is 355 g/mol. The number of hydrogen-bond acceptors (Lipinski definition) is 4. The van der Waals surface area contributed by atoms with E-state index >= 15 is 0 Å². The van der Waals surface area contributed by atoms with Gasteiger partial charge in [-0.3, -0.25) is 9.59 Å². The number of para-hydroxylation sites is 1. The Labute approximate surface area is 152 Å². The van der Waals surface area contributed by atoms with Gasteiger partial charge in [-0.25, -0.2) is 0 Å². The minimum Gasteiger partial charge on any atom is -0.376 e. The van der Waals surface area contributed by atoms with Gasteiger partial charge in [-0.2, -0.15) is 0 Å². The zero-order valence-electron chi connectivity index (χ0n) is 14.4. The SMILES string of the molecule is CN(C)C(=O)c1ccc(NCC(=O)N2CCSc3ccccc32)cc1.